The number of hydrogen-bond acceptors (Lipinski definition) is 3. The van der Waals surface area contributed by atoms with Crippen LogP contribution in [-0.4, -0.2) is 38.3 Å². The average Bonchev–Trinajstić information content (AvgIpc) is 2.71. The molecule has 156 valence electrons. The van der Waals surface area contributed by atoms with Crippen molar-refractivity contribution in [2.24, 2.45) is 5.92 Å². The van der Waals surface area contributed by atoms with Gasteiger partial charge in [0, 0.05) is 30.6 Å². The van der Waals surface area contributed by atoms with Gasteiger partial charge in [-0.05, 0) is 55.5 Å². The Hall–Kier alpha value is -1.60. The average molecular weight is 455 g/mol. The summed E-state index contributed by atoms with van der Waals surface area (Å²) in [6.07, 6.45) is 1.74. The number of aryl methyl sites for hydroxylation is 1. The van der Waals surface area contributed by atoms with Gasteiger partial charge in [-0.15, -0.1) is 0 Å². The minimum atomic E-state index is -3.74. The molecule has 3 rings (SSSR count). The molecule has 1 heterocycles. The van der Waals surface area contributed by atoms with Crippen molar-refractivity contribution in [3.63, 3.8) is 0 Å². The largest absolute Gasteiger partial charge is 0.356 e. The van der Waals surface area contributed by atoms with Gasteiger partial charge in [0.2, 0.25) is 15.9 Å². The van der Waals surface area contributed by atoms with Gasteiger partial charge in [-0.3, -0.25) is 4.79 Å². The molecule has 1 amide bonds. The summed E-state index contributed by atoms with van der Waals surface area (Å²) in [4.78, 5) is 12.5. The van der Waals surface area contributed by atoms with Crippen LogP contribution >= 0.6 is 23.2 Å². The first-order valence-electron chi connectivity index (χ1n) is 9.56. The second kappa shape index (κ2) is 9.47. The predicted molar refractivity (Wildman–Crippen MR) is 116 cm³/mol. The smallest absolute Gasteiger partial charge is 0.244 e. The van der Waals surface area contributed by atoms with Crippen molar-refractivity contribution in [2.45, 2.75) is 31.1 Å². The van der Waals surface area contributed by atoms with Crippen molar-refractivity contribution < 1.29 is 13.2 Å². The van der Waals surface area contributed by atoms with E-state index in [0.717, 1.165) is 6.42 Å². The topological polar surface area (TPSA) is 66.5 Å². The fourth-order valence-electron chi connectivity index (χ4n) is 3.53. The van der Waals surface area contributed by atoms with Crippen molar-refractivity contribution in [1.29, 1.82) is 0 Å². The molecule has 0 unspecified atom stereocenters. The number of nitrogens with zero attached hydrogens (tertiary/aromatic N) is 1. The highest BCUT2D eigenvalue weighted by Crippen LogP contribution is 2.30. The molecular formula is C21H24Cl2N2O3S. The van der Waals surface area contributed by atoms with Crippen LogP contribution in [0.4, 0.5) is 0 Å². The molecule has 2 aromatic rings. The molecule has 0 radical (unpaired) electrons. The molecule has 0 saturated carbocycles. The number of benzene rings is 2. The number of amides is 1. The summed E-state index contributed by atoms with van der Waals surface area (Å²) < 4.78 is 27.1. The lowest BCUT2D eigenvalue weighted by Gasteiger charge is -2.30. The molecule has 29 heavy (non-hydrogen) atoms. The van der Waals surface area contributed by atoms with Crippen molar-refractivity contribution in [2.75, 3.05) is 19.6 Å². The molecular weight excluding hydrogens is 431 g/mol. The van der Waals surface area contributed by atoms with Crippen molar-refractivity contribution in [1.82, 2.24) is 9.62 Å². The first-order chi connectivity index (χ1) is 13.8. The Labute approximate surface area is 182 Å². The number of piperidine rings is 1. The summed E-state index contributed by atoms with van der Waals surface area (Å²) >= 11 is 12.0. The third kappa shape index (κ3) is 5.31. The van der Waals surface area contributed by atoms with E-state index < -0.39 is 10.0 Å². The Morgan fingerprint density at radius 3 is 2.52 bits per heavy atom. The molecule has 5 nitrogen and oxygen atoms in total. The van der Waals surface area contributed by atoms with Crippen LogP contribution in [0.25, 0.3) is 0 Å². The molecule has 1 fully saturated rings. The molecule has 1 aliphatic heterocycles. The lowest BCUT2D eigenvalue weighted by Crippen LogP contribution is -2.43. The zero-order valence-electron chi connectivity index (χ0n) is 16.2. The quantitative estimate of drug-likeness (QED) is 0.715. The fraction of sp³-hybridized carbons (Fsp3) is 0.381. The van der Waals surface area contributed by atoms with E-state index in [1.165, 1.54) is 27.6 Å². The summed E-state index contributed by atoms with van der Waals surface area (Å²) in [5.74, 6) is -0.204. The van der Waals surface area contributed by atoms with E-state index in [-0.39, 0.29) is 34.8 Å². The number of sulfonamides is 1. The highest BCUT2D eigenvalue weighted by Gasteiger charge is 2.33. The number of nitrogens with one attached hydrogen (secondary N) is 1. The molecule has 0 bridgehead atoms. The van der Waals surface area contributed by atoms with Crippen LogP contribution in [-0.2, 0) is 21.2 Å². The number of carbonyl (C=O) groups excluding carboxylic acids is 1. The highest BCUT2D eigenvalue weighted by atomic mass is 35.5. The van der Waals surface area contributed by atoms with Gasteiger partial charge in [0.1, 0.15) is 4.90 Å². The lowest BCUT2D eigenvalue weighted by atomic mass is 9.97. The van der Waals surface area contributed by atoms with Gasteiger partial charge >= 0.3 is 0 Å². The molecule has 1 N–H and O–H groups in total. The SMILES string of the molecule is Cc1ccccc1CCNC(=O)C1CCN(S(=O)(=O)c2cc(Cl)ccc2Cl)CC1. The van der Waals surface area contributed by atoms with Crippen LogP contribution < -0.4 is 5.32 Å². The first-order valence-corrected chi connectivity index (χ1v) is 11.8. The number of hydrogen-bond donors (Lipinski definition) is 1. The van der Waals surface area contributed by atoms with Gasteiger partial charge in [-0.2, -0.15) is 4.31 Å². The molecule has 8 heteroatoms. The Bertz CT molecular complexity index is 987. The van der Waals surface area contributed by atoms with E-state index in [1.807, 2.05) is 12.1 Å². The monoisotopic (exact) mass is 454 g/mol. The van der Waals surface area contributed by atoms with E-state index in [9.17, 15) is 13.2 Å². The Balaban J connectivity index is 1.54. The number of carbonyl (C=O) groups is 1. The third-order valence-corrected chi connectivity index (χ3v) is 7.91. The van der Waals surface area contributed by atoms with Crippen LogP contribution in [0.2, 0.25) is 10.0 Å². The van der Waals surface area contributed by atoms with E-state index in [0.29, 0.717) is 24.4 Å². The van der Waals surface area contributed by atoms with Crippen LogP contribution in [0.15, 0.2) is 47.4 Å². The highest BCUT2D eigenvalue weighted by molar-refractivity contribution is 7.89. The van der Waals surface area contributed by atoms with E-state index in [1.54, 1.807) is 6.07 Å². The molecule has 2 aromatic carbocycles. The maximum Gasteiger partial charge on any atom is 0.244 e. The summed E-state index contributed by atoms with van der Waals surface area (Å²) in [5, 5.41) is 3.44. The van der Waals surface area contributed by atoms with Crippen molar-refractivity contribution in [3.8, 4) is 0 Å². The van der Waals surface area contributed by atoms with Gasteiger partial charge < -0.3 is 5.32 Å². The third-order valence-electron chi connectivity index (χ3n) is 5.29. The molecule has 0 spiro atoms. The zero-order chi connectivity index (χ0) is 21.0. The van der Waals surface area contributed by atoms with Crippen molar-refractivity contribution in [3.05, 3.63) is 63.6 Å². The minimum absolute atomic E-state index is 0.00722. The summed E-state index contributed by atoms with van der Waals surface area (Å²) in [6, 6.07) is 12.5. The maximum absolute atomic E-state index is 12.9. The van der Waals surface area contributed by atoms with E-state index >= 15 is 0 Å². The van der Waals surface area contributed by atoms with Crippen molar-refractivity contribution >= 4 is 39.1 Å². The van der Waals surface area contributed by atoms with Gasteiger partial charge in [-0.25, -0.2) is 8.42 Å². The second-order valence-electron chi connectivity index (χ2n) is 7.22. The molecule has 0 aliphatic carbocycles. The lowest BCUT2D eigenvalue weighted by molar-refractivity contribution is -0.126. The predicted octanol–water partition coefficient (Wildman–Crippen LogP) is 4.06. The van der Waals surface area contributed by atoms with Gasteiger partial charge in [-0.1, -0.05) is 47.5 Å². The second-order valence-corrected chi connectivity index (χ2v) is 9.97. The molecule has 1 saturated heterocycles. The van der Waals surface area contributed by atoms with E-state index in [2.05, 4.69) is 24.4 Å². The molecule has 0 atom stereocenters. The van der Waals surface area contributed by atoms with Crippen LogP contribution in [0.5, 0.6) is 0 Å². The van der Waals surface area contributed by atoms with Gasteiger partial charge in [0.05, 0.1) is 5.02 Å². The number of rotatable bonds is 6. The fourth-order valence-corrected chi connectivity index (χ4v) is 5.73. The first kappa shape index (κ1) is 22.1. The summed E-state index contributed by atoms with van der Waals surface area (Å²) in [6.45, 7) is 3.18. The van der Waals surface area contributed by atoms with E-state index in [4.69, 9.17) is 23.2 Å². The molecule has 1 aliphatic rings. The maximum atomic E-state index is 12.9. The van der Waals surface area contributed by atoms with Gasteiger partial charge in [0.15, 0.2) is 0 Å². The normalized spacial score (nSPS) is 16.0. The summed E-state index contributed by atoms with van der Waals surface area (Å²) in [5.41, 5.74) is 2.42. The van der Waals surface area contributed by atoms with Crippen LogP contribution in [0.1, 0.15) is 24.0 Å². The molecule has 0 aromatic heterocycles. The Kier molecular flexibility index (Phi) is 7.22. The summed E-state index contributed by atoms with van der Waals surface area (Å²) in [7, 11) is -3.74. The minimum Gasteiger partial charge on any atom is -0.356 e. The zero-order valence-corrected chi connectivity index (χ0v) is 18.5. The standard InChI is InChI=1S/C21H24Cl2N2O3S/c1-15-4-2-3-5-16(15)8-11-24-21(26)17-9-12-25(13-10-17)29(27,28)20-14-18(22)6-7-19(20)23/h2-7,14,17H,8-13H2,1H3,(H,24,26). The van der Waals surface area contributed by atoms with Crippen LogP contribution in [0, 0.1) is 12.8 Å². The Morgan fingerprint density at radius 1 is 1.14 bits per heavy atom. The Morgan fingerprint density at radius 2 is 1.83 bits per heavy atom. The van der Waals surface area contributed by atoms with Crippen LogP contribution in [0.3, 0.4) is 0 Å². The van der Waals surface area contributed by atoms with Gasteiger partial charge in [0.25, 0.3) is 0 Å². The number of halogens is 2.